The van der Waals surface area contributed by atoms with Crippen molar-refractivity contribution in [1.29, 1.82) is 0 Å². The van der Waals surface area contributed by atoms with Crippen LogP contribution in [0.2, 0.25) is 0 Å². The highest BCUT2D eigenvalue weighted by Gasteiger charge is 2.07. The first-order valence-corrected chi connectivity index (χ1v) is 2.79. The molecule has 46 valence electrons. The standard InChI is InChI=1S/C4H10N4/c5-6-7-8-3-1-2-4-8/h1-4H2,(H2,5,7). The summed E-state index contributed by atoms with van der Waals surface area (Å²) in [4.78, 5) is 0. The largest absolute Gasteiger partial charge is 0.303 e. The lowest BCUT2D eigenvalue weighted by Crippen LogP contribution is -2.10. The molecule has 0 radical (unpaired) electrons. The molecule has 1 rings (SSSR count). The Labute approximate surface area is 48.3 Å². The topological polar surface area (TPSA) is 54.0 Å². The number of hydrogen-bond acceptors (Lipinski definition) is 2. The van der Waals surface area contributed by atoms with E-state index in [1.807, 2.05) is 5.01 Å². The fraction of sp³-hybridized carbons (Fsp3) is 1.00. The van der Waals surface area contributed by atoms with E-state index in [0.717, 1.165) is 13.1 Å². The molecule has 0 amide bonds. The van der Waals surface area contributed by atoms with Gasteiger partial charge in [0.1, 0.15) is 0 Å². The molecule has 1 heterocycles. The summed E-state index contributed by atoms with van der Waals surface area (Å²) in [6.45, 7) is 2.03. The number of nitrogens with two attached hydrogens (primary N) is 1. The Morgan fingerprint density at radius 3 is 2.38 bits per heavy atom. The number of rotatable bonds is 1. The summed E-state index contributed by atoms with van der Waals surface area (Å²) in [5, 5.41) is 8.70. The average molecular weight is 114 g/mol. The molecular formula is C4H10N4. The summed E-state index contributed by atoms with van der Waals surface area (Å²) < 4.78 is 0. The van der Waals surface area contributed by atoms with Gasteiger partial charge in [-0.3, -0.25) is 5.01 Å². The molecular weight excluding hydrogens is 104 g/mol. The molecule has 8 heavy (non-hydrogen) atoms. The zero-order valence-corrected chi connectivity index (χ0v) is 4.75. The monoisotopic (exact) mass is 114 g/mol. The molecule has 0 aromatic rings. The normalized spacial score (nSPS) is 20.8. The Morgan fingerprint density at radius 2 is 1.88 bits per heavy atom. The Bertz CT molecular complexity index is 84.0. The van der Waals surface area contributed by atoms with Crippen molar-refractivity contribution in [2.24, 2.45) is 16.3 Å². The number of hydrogen-bond donors (Lipinski definition) is 1. The second-order valence-electron chi connectivity index (χ2n) is 1.87. The molecule has 0 saturated carbocycles. The summed E-state index contributed by atoms with van der Waals surface area (Å²) in [6.07, 6.45) is 2.44. The molecule has 2 N–H and O–H groups in total. The highest BCUT2D eigenvalue weighted by Crippen LogP contribution is 2.06. The third-order valence-corrected chi connectivity index (χ3v) is 1.26. The van der Waals surface area contributed by atoms with Gasteiger partial charge in [-0.05, 0) is 12.8 Å². The van der Waals surface area contributed by atoms with Crippen LogP contribution in [-0.4, -0.2) is 18.1 Å². The fourth-order valence-corrected chi connectivity index (χ4v) is 0.863. The van der Waals surface area contributed by atoms with E-state index in [-0.39, 0.29) is 0 Å². The minimum Gasteiger partial charge on any atom is -0.303 e. The van der Waals surface area contributed by atoms with E-state index in [9.17, 15) is 0 Å². The van der Waals surface area contributed by atoms with Crippen molar-refractivity contribution >= 4 is 0 Å². The van der Waals surface area contributed by atoms with Crippen molar-refractivity contribution in [3.8, 4) is 0 Å². The molecule has 0 spiro atoms. The van der Waals surface area contributed by atoms with E-state index >= 15 is 0 Å². The predicted octanol–water partition coefficient (Wildman–Crippen LogP) is 0.323. The molecule has 0 aromatic heterocycles. The van der Waals surface area contributed by atoms with Crippen molar-refractivity contribution < 1.29 is 0 Å². The van der Waals surface area contributed by atoms with Crippen molar-refractivity contribution in [1.82, 2.24) is 5.01 Å². The Hall–Kier alpha value is -0.800. The van der Waals surface area contributed by atoms with E-state index in [1.54, 1.807) is 0 Å². The van der Waals surface area contributed by atoms with Gasteiger partial charge in [-0.2, -0.15) is 0 Å². The second-order valence-corrected chi connectivity index (χ2v) is 1.87. The molecule has 0 atom stereocenters. The van der Waals surface area contributed by atoms with E-state index in [4.69, 9.17) is 5.84 Å². The summed E-state index contributed by atoms with van der Waals surface area (Å²) in [6, 6.07) is 0. The van der Waals surface area contributed by atoms with Crippen molar-refractivity contribution in [2.45, 2.75) is 12.8 Å². The van der Waals surface area contributed by atoms with Crippen molar-refractivity contribution in [3.63, 3.8) is 0 Å². The maximum Gasteiger partial charge on any atom is 0.0378 e. The summed E-state index contributed by atoms with van der Waals surface area (Å²) in [5.74, 6) is 4.82. The fourth-order valence-electron chi connectivity index (χ4n) is 0.863. The minimum atomic E-state index is 1.01. The molecule has 1 aliphatic heterocycles. The number of nitrogens with zero attached hydrogens (tertiary/aromatic N) is 3. The zero-order chi connectivity index (χ0) is 5.82. The maximum absolute atomic E-state index is 4.82. The molecule has 1 saturated heterocycles. The Kier molecular flexibility index (Phi) is 1.66. The Balaban J connectivity index is 2.24. The molecule has 0 unspecified atom stereocenters. The van der Waals surface area contributed by atoms with Gasteiger partial charge < -0.3 is 5.84 Å². The van der Waals surface area contributed by atoms with Crippen LogP contribution in [-0.2, 0) is 0 Å². The van der Waals surface area contributed by atoms with Crippen LogP contribution >= 0.6 is 0 Å². The van der Waals surface area contributed by atoms with Crippen molar-refractivity contribution in [3.05, 3.63) is 0 Å². The third kappa shape index (κ3) is 1.08. The van der Waals surface area contributed by atoms with Gasteiger partial charge in [-0.15, -0.1) is 0 Å². The van der Waals surface area contributed by atoms with Gasteiger partial charge in [0, 0.05) is 13.1 Å². The molecule has 4 heteroatoms. The lowest BCUT2D eigenvalue weighted by Gasteiger charge is -2.04. The van der Waals surface area contributed by atoms with Crippen molar-refractivity contribution in [2.75, 3.05) is 13.1 Å². The Morgan fingerprint density at radius 1 is 1.25 bits per heavy atom. The van der Waals surface area contributed by atoms with Crippen LogP contribution in [0.15, 0.2) is 10.4 Å². The maximum atomic E-state index is 4.82. The van der Waals surface area contributed by atoms with Gasteiger partial charge in [0.2, 0.25) is 0 Å². The van der Waals surface area contributed by atoms with Gasteiger partial charge in [0.25, 0.3) is 0 Å². The molecule has 1 aliphatic rings. The first-order chi connectivity index (χ1) is 3.93. The van der Waals surface area contributed by atoms with E-state index in [0.29, 0.717) is 0 Å². The molecule has 0 aliphatic carbocycles. The predicted molar refractivity (Wildman–Crippen MR) is 29.9 cm³/mol. The lowest BCUT2D eigenvalue weighted by molar-refractivity contribution is 0.330. The zero-order valence-electron chi connectivity index (χ0n) is 4.75. The van der Waals surface area contributed by atoms with Crippen LogP contribution in [0.3, 0.4) is 0 Å². The van der Waals surface area contributed by atoms with Crippen LogP contribution in [0.5, 0.6) is 0 Å². The quantitative estimate of drug-likeness (QED) is 0.303. The first-order valence-electron chi connectivity index (χ1n) is 2.79. The SMILES string of the molecule is NN=NN1CCCC1. The minimum absolute atomic E-state index is 1.01. The molecule has 1 fully saturated rings. The third-order valence-electron chi connectivity index (χ3n) is 1.26. The van der Waals surface area contributed by atoms with Gasteiger partial charge in [0.15, 0.2) is 0 Å². The highest BCUT2D eigenvalue weighted by molar-refractivity contribution is 4.59. The van der Waals surface area contributed by atoms with Crippen LogP contribution < -0.4 is 5.84 Å². The van der Waals surface area contributed by atoms with E-state index in [2.05, 4.69) is 10.4 Å². The van der Waals surface area contributed by atoms with Crippen LogP contribution in [0.1, 0.15) is 12.8 Å². The van der Waals surface area contributed by atoms with E-state index < -0.39 is 0 Å². The molecule has 0 aromatic carbocycles. The van der Waals surface area contributed by atoms with Crippen LogP contribution in [0, 0.1) is 0 Å². The van der Waals surface area contributed by atoms with E-state index in [1.165, 1.54) is 12.8 Å². The average Bonchev–Trinajstić information content (AvgIpc) is 2.19. The second kappa shape index (κ2) is 2.49. The first kappa shape index (κ1) is 5.34. The van der Waals surface area contributed by atoms with Crippen LogP contribution in [0.4, 0.5) is 0 Å². The summed E-state index contributed by atoms with van der Waals surface area (Å²) >= 11 is 0. The van der Waals surface area contributed by atoms with Gasteiger partial charge in [-0.25, -0.2) is 0 Å². The van der Waals surface area contributed by atoms with Gasteiger partial charge in [-0.1, -0.05) is 10.4 Å². The lowest BCUT2D eigenvalue weighted by atomic mass is 10.4. The molecule has 4 nitrogen and oxygen atoms in total. The summed E-state index contributed by atoms with van der Waals surface area (Å²) in [7, 11) is 0. The van der Waals surface area contributed by atoms with Gasteiger partial charge in [0.05, 0.1) is 0 Å². The smallest absolute Gasteiger partial charge is 0.0378 e. The van der Waals surface area contributed by atoms with Gasteiger partial charge >= 0.3 is 0 Å². The summed E-state index contributed by atoms with van der Waals surface area (Å²) in [5.41, 5.74) is 0. The van der Waals surface area contributed by atoms with Crippen LogP contribution in [0.25, 0.3) is 0 Å². The highest BCUT2D eigenvalue weighted by atomic mass is 15.6. The molecule has 0 bridgehead atoms.